The van der Waals surface area contributed by atoms with Gasteiger partial charge in [0, 0.05) is 24.8 Å². The minimum Gasteiger partial charge on any atom is -0.550 e. The van der Waals surface area contributed by atoms with Gasteiger partial charge in [-0.3, -0.25) is 0 Å². The lowest BCUT2D eigenvalue weighted by molar-refractivity contribution is -0.314. The summed E-state index contributed by atoms with van der Waals surface area (Å²) >= 11 is 5.21. The van der Waals surface area contributed by atoms with Crippen LogP contribution in [0.1, 0.15) is 12.8 Å². The third kappa shape index (κ3) is 5.80. The van der Waals surface area contributed by atoms with Crippen molar-refractivity contribution in [1.82, 2.24) is 0 Å². The van der Waals surface area contributed by atoms with Crippen LogP contribution in [0.3, 0.4) is 0 Å². The normalized spacial score (nSPS) is 12.8. The molecule has 0 rings (SSSR count). The van der Waals surface area contributed by atoms with Crippen LogP contribution in [0.2, 0.25) is 0 Å². The molecule has 0 aliphatic heterocycles. The lowest BCUT2D eigenvalue weighted by Crippen LogP contribution is -2.49. The average Bonchev–Trinajstić information content (AvgIpc) is 2.22. The van der Waals surface area contributed by atoms with Crippen molar-refractivity contribution in [1.29, 1.82) is 0 Å². The van der Waals surface area contributed by atoms with Gasteiger partial charge >= 0.3 is 5.97 Å². The van der Waals surface area contributed by atoms with Gasteiger partial charge in [-0.1, -0.05) is 0 Å². The van der Waals surface area contributed by atoms with E-state index in [2.05, 4.69) is 4.74 Å². The van der Waals surface area contributed by atoms with Crippen molar-refractivity contribution in [2.24, 2.45) is 0 Å². The molecular weight excluding hydrogens is 272 g/mol. The molecule has 0 radical (unpaired) electrons. The maximum Gasteiger partial charge on any atom is 0.339 e. The second-order valence-corrected chi connectivity index (χ2v) is 3.84. The highest BCUT2D eigenvalue weighted by Gasteiger charge is 2.38. The number of hydrogen-bond donors (Lipinski definition) is 2. The van der Waals surface area contributed by atoms with E-state index in [9.17, 15) is 29.7 Å². The highest BCUT2D eigenvalue weighted by molar-refractivity contribution is 6.18. The van der Waals surface area contributed by atoms with E-state index in [1.54, 1.807) is 0 Å². The summed E-state index contributed by atoms with van der Waals surface area (Å²) in [7, 11) is 0. The number of hydrogen-bond acceptors (Lipinski definition) is 8. The van der Waals surface area contributed by atoms with Crippen molar-refractivity contribution in [3.8, 4) is 0 Å². The first kappa shape index (κ1) is 16.6. The number of ether oxygens (including phenoxy) is 1. The molecule has 0 aliphatic rings. The Bertz CT molecular complexity index is 313. The van der Waals surface area contributed by atoms with Gasteiger partial charge in [0.1, 0.15) is 12.7 Å². The molecule has 0 aromatic carbocycles. The molecule has 0 aliphatic carbocycles. The highest BCUT2D eigenvalue weighted by Crippen LogP contribution is 2.17. The third-order valence-corrected chi connectivity index (χ3v) is 2.19. The maximum absolute atomic E-state index is 11.3. The van der Waals surface area contributed by atoms with E-state index in [0.717, 1.165) is 0 Å². The van der Waals surface area contributed by atoms with Gasteiger partial charge in [0.25, 0.3) is 0 Å². The Labute approximate surface area is 107 Å². The molecule has 104 valence electrons. The molecule has 0 spiro atoms. The first-order valence-corrected chi connectivity index (χ1v) is 5.28. The number of aliphatic hydroxyl groups excluding tert-OH is 1. The van der Waals surface area contributed by atoms with Crippen LogP contribution in [-0.2, 0) is 19.1 Å². The number of alkyl halides is 1. The minimum absolute atomic E-state index is 0.257. The fraction of sp³-hybridized carbons (Fsp3) is 0.667. The van der Waals surface area contributed by atoms with Crippen LogP contribution < -0.4 is 10.2 Å². The Morgan fingerprint density at radius 1 is 1.22 bits per heavy atom. The molecule has 0 saturated heterocycles. The number of carboxylic acid groups (broad SMARTS) is 2. The monoisotopic (exact) mass is 282 g/mol. The number of aliphatic hydroxyl groups is 2. The van der Waals surface area contributed by atoms with E-state index in [0.29, 0.717) is 0 Å². The fourth-order valence-corrected chi connectivity index (χ4v) is 1.12. The van der Waals surface area contributed by atoms with E-state index < -0.39 is 49.1 Å². The maximum atomic E-state index is 11.3. The molecule has 0 fully saturated rings. The molecule has 0 aromatic heterocycles. The summed E-state index contributed by atoms with van der Waals surface area (Å²) in [6.45, 7) is -0.606. The molecule has 0 amide bonds. The Balaban J connectivity index is 4.68. The summed E-state index contributed by atoms with van der Waals surface area (Å²) in [6.07, 6.45) is -3.75. The summed E-state index contributed by atoms with van der Waals surface area (Å²) in [4.78, 5) is 32.0. The van der Waals surface area contributed by atoms with Gasteiger partial charge in [-0.25, -0.2) is 4.79 Å². The molecule has 18 heavy (non-hydrogen) atoms. The van der Waals surface area contributed by atoms with E-state index in [-0.39, 0.29) is 5.88 Å². The number of carbonyl (C=O) groups is 3. The summed E-state index contributed by atoms with van der Waals surface area (Å²) in [5.74, 6) is -5.45. The number of rotatable bonds is 8. The SMILES string of the molecule is O=C([O-])CC(O)(CC(=O)[O-])C(=O)OCC(O)CCl. The van der Waals surface area contributed by atoms with Crippen molar-refractivity contribution in [2.45, 2.75) is 24.5 Å². The van der Waals surface area contributed by atoms with Crippen LogP contribution in [0.4, 0.5) is 0 Å². The van der Waals surface area contributed by atoms with Gasteiger partial charge in [0.05, 0.1) is 5.88 Å². The molecule has 1 atom stereocenters. The van der Waals surface area contributed by atoms with Crippen molar-refractivity contribution in [2.75, 3.05) is 12.5 Å². The summed E-state index contributed by atoms with van der Waals surface area (Å²) in [6, 6.07) is 0. The van der Waals surface area contributed by atoms with Crippen molar-refractivity contribution in [3.05, 3.63) is 0 Å². The van der Waals surface area contributed by atoms with Gasteiger partial charge < -0.3 is 34.8 Å². The quantitative estimate of drug-likeness (QED) is 0.339. The summed E-state index contributed by atoms with van der Waals surface area (Å²) < 4.78 is 4.36. The topological polar surface area (TPSA) is 147 Å². The van der Waals surface area contributed by atoms with Crippen LogP contribution in [0.25, 0.3) is 0 Å². The molecule has 8 nitrogen and oxygen atoms in total. The predicted octanol–water partition coefficient (Wildman–Crippen LogP) is -3.86. The predicted molar refractivity (Wildman–Crippen MR) is 51.9 cm³/mol. The Morgan fingerprint density at radius 3 is 2.00 bits per heavy atom. The van der Waals surface area contributed by atoms with Crippen LogP contribution in [-0.4, -0.2) is 52.3 Å². The van der Waals surface area contributed by atoms with Gasteiger partial charge in [-0.2, -0.15) is 0 Å². The summed E-state index contributed by atoms with van der Waals surface area (Å²) in [5.41, 5.74) is -2.80. The zero-order valence-corrected chi connectivity index (χ0v) is 9.88. The summed E-state index contributed by atoms with van der Waals surface area (Å²) in [5, 5.41) is 39.2. The van der Waals surface area contributed by atoms with Crippen molar-refractivity contribution < 1.29 is 39.5 Å². The van der Waals surface area contributed by atoms with Crippen LogP contribution in [0, 0.1) is 0 Å². The first-order valence-electron chi connectivity index (χ1n) is 4.74. The number of carbonyl (C=O) groups excluding carboxylic acids is 3. The molecule has 0 bridgehead atoms. The first-order chi connectivity index (χ1) is 8.21. The molecule has 0 heterocycles. The van der Waals surface area contributed by atoms with Gasteiger partial charge in [-0.05, 0) is 0 Å². The number of esters is 1. The molecule has 0 aromatic rings. The Morgan fingerprint density at radius 2 is 1.67 bits per heavy atom. The fourth-order valence-electron chi connectivity index (χ4n) is 1.04. The molecule has 0 saturated carbocycles. The average molecular weight is 283 g/mol. The minimum atomic E-state index is -2.80. The zero-order valence-electron chi connectivity index (χ0n) is 9.13. The molecule has 9 heteroatoms. The van der Waals surface area contributed by atoms with E-state index in [4.69, 9.17) is 16.7 Å². The van der Waals surface area contributed by atoms with Crippen LogP contribution in [0.15, 0.2) is 0 Å². The second kappa shape index (κ2) is 7.14. The molecular formula is C9H11ClO8-2. The lowest BCUT2D eigenvalue weighted by Gasteiger charge is -2.27. The highest BCUT2D eigenvalue weighted by atomic mass is 35.5. The Hall–Kier alpha value is -1.38. The molecule has 1 unspecified atom stereocenters. The van der Waals surface area contributed by atoms with Crippen molar-refractivity contribution >= 4 is 29.5 Å². The number of halogens is 1. The van der Waals surface area contributed by atoms with Crippen LogP contribution in [0.5, 0.6) is 0 Å². The van der Waals surface area contributed by atoms with Gasteiger partial charge in [0.15, 0.2) is 5.60 Å². The molecule has 2 N–H and O–H groups in total. The Kier molecular flexibility index (Phi) is 6.60. The smallest absolute Gasteiger partial charge is 0.339 e. The zero-order chi connectivity index (χ0) is 14.3. The van der Waals surface area contributed by atoms with Gasteiger partial charge in [-0.15, -0.1) is 11.6 Å². The van der Waals surface area contributed by atoms with Gasteiger partial charge in [0.2, 0.25) is 0 Å². The number of aliphatic carboxylic acids is 2. The van der Waals surface area contributed by atoms with E-state index in [1.165, 1.54) is 0 Å². The van der Waals surface area contributed by atoms with E-state index in [1.807, 2.05) is 0 Å². The second-order valence-electron chi connectivity index (χ2n) is 3.54. The lowest BCUT2D eigenvalue weighted by atomic mass is 9.96. The van der Waals surface area contributed by atoms with Crippen LogP contribution >= 0.6 is 11.6 Å². The van der Waals surface area contributed by atoms with Crippen molar-refractivity contribution in [3.63, 3.8) is 0 Å². The third-order valence-electron chi connectivity index (χ3n) is 1.84. The van der Waals surface area contributed by atoms with E-state index >= 15 is 0 Å². The number of carboxylic acids is 2. The standard InChI is InChI=1S/C9H13ClO8/c10-3-5(11)4-18-8(16)9(17,1-6(12)13)2-7(14)15/h5,11,17H,1-4H2,(H,12,13)(H,14,15)/p-2. The largest absolute Gasteiger partial charge is 0.550 e.